The lowest BCUT2D eigenvalue weighted by Crippen LogP contribution is -2.32. The van der Waals surface area contributed by atoms with Crippen molar-refractivity contribution in [2.75, 3.05) is 18.8 Å². The number of thioether (sulfide) groups is 1. The van der Waals surface area contributed by atoms with Gasteiger partial charge in [-0.25, -0.2) is 4.79 Å². The lowest BCUT2D eigenvalue weighted by atomic mass is 9.87. The zero-order valence-electron chi connectivity index (χ0n) is 18.8. The summed E-state index contributed by atoms with van der Waals surface area (Å²) in [5, 5.41) is 12.2. The molecule has 1 aromatic heterocycles. The van der Waals surface area contributed by atoms with Crippen molar-refractivity contribution in [3.05, 3.63) is 59.7 Å². The van der Waals surface area contributed by atoms with Gasteiger partial charge in [0.25, 0.3) is 0 Å². The third-order valence-corrected chi connectivity index (χ3v) is 6.39. The van der Waals surface area contributed by atoms with Crippen molar-refractivity contribution < 1.29 is 9.59 Å². The highest BCUT2D eigenvalue weighted by Gasteiger charge is 2.28. The van der Waals surface area contributed by atoms with E-state index in [0.717, 1.165) is 27.8 Å². The number of amides is 3. The van der Waals surface area contributed by atoms with Crippen molar-refractivity contribution in [3.63, 3.8) is 0 Å². The molecule has 0 aliphatic carbocycles. The monoisotopic (exact) mass is 449 g/mol. The van der Waals surface area contributed by atoms with Crippen LogP contribution >= 0.6 is 11.8 Å². The number of nitrogens with zero attached hydrogens (tertiary/aromatic N) is 4. The van der Waals surface area contributed by atoms with Crippen molar-refractivity contribution in [2.45, 2.75) is 38.3 Å². The number of imide groups is 1. The molecule has 0 unspecified atom stereocenters. The summed E-state index contributed by atoms with van der Waals surface area (Å²) in [6, 6.07) is 16.2. The fourth-order valence-corrected chi connectivity index (χ4v) is 4.48. The molecule has 32 heavy (non-hydrogen) atoms. The molecule has 1 N–H and O–H groups in total. The van der Waals surface area contributed by atoms with Crippen LogP contribution in [-0.2, 0) is 10.2 Å². The maximum atomic E-state index is 11.8. The van der Waals surface area contributed by atoms with Crippen LogP contribution in [0, 0.1) is 6.92 Å². The van der Waals surface area contributed by atoms with Crippen molar-refractivity contribution in [1.29, 1.82) is 0 Å². The number of para-hydroxylation sites is 1. The van der Waals surface area contributed by atoms with Gasteiger partial charge in [-0.3, -0.25) is 14.3 Å². The molecule has 4 rings (SSSR count). The van der Waals surface area contributed by atoms with Gasteiger partial charge >= 0.3 is 6.03 Å². The number of aryl methyl sites for hydroxylation is 1. The van der Waals surface area contributed by atoms with Gasteiger partial charge in [0.15, 0.2) is 11.0 Å². The lowest BCUT2D eigenvalue weighted by Gasteiger charge is -2.19. The van der Waals surface area contributed by atoms with Gasteiger partial charge in [0, 0.05) is 17.9 Å². The molecule has 0 saturated carbocycles. The Hall–Kier alpha value is -3.13. The standard InChI is InChI=1S/C24H27N5O2S/c1-16-7-5-6-8-19(16)29-21(17-9-11-18(12-10-17)24(2,3)4)26-27-23(29)32-14-13-28-20(30)15-25-22(28)31/h5-12H,13-15H2,1-4H3,(H,25,31). The number of carbonyl (C=O) groups is 2. The predicted octanol–water partition coefficient (Wildman–Crippen LogP) is 4.18. The third-order valence-electron chi connectivity index (χ3n) is 5.48. The van der Waals surface area contributed by atoms with E-state index < -0.39 is 0 Å². The van der Waals surface area contributed by atoms with E-state index in [1.807, 2.05) is 18.2 Å². The Kier molecular flexibility index (Phi) is 6.06. The van der Waals surface area contributed by atoms with Gasteiger partial charge in [0.1, 0.15) is 0 Å². The summed E-state index contributed by atoms with van der Waals surface area (Å²) in [6.07, 6.45) is 0. The fourth-order valence-electron chi connectivity index (χ4n) is 3.61. The molecule has 2 aromatic carbocycles. The molecule has 0 atom stereocenters. The van der Waals surface area contributed by atoms with Crippen LogP contribution in [0.25, 0.3) is 17.1 Å². The minimum atomic E-state index is -0.337. The zero-order valence-corrected chi connectivity index (χ0v) is 19.6. The number of hydrogen-bond donors (Lipinski definition) is 1. The van der Waals surface area contributed by atoms with Crippen LogP contribution < -0.4 is 5.32 Å². The van der Waals surface area contributed by atoms with Gasteiger partial charge in [-0.2, -0.15) is 0 Å². The Labute approximate surface area is 192 Å². The Morgan fingerprint density at radius 3 is 2.38 bits per heavy atom. The molecule has 0 radical (unpaired) electrons. The molecule has 3 amide bonds. The number of aromatic nitrogens is 3. The molecule has 2 heterocycles. The summed E-state index contributed by atoms with van der Waals surface area (Å²) in [5.74, 6) is 1.10. The summed E-state index contributed by atoms with van der Waals surface area (Å²) < 4.78 is 2.05. The van der Waals surface area contributed by atoms with E-state index in [4.69, 9.17) is 0 Å². The number of hydrogen-bond acceptors (Lipinski definition) is 5. The highest BCUT2D eigenvalue weighted by Crippen LogP contribution is 2.31. The summed E-state index contributed by atoms with van der Waals surface area (Å²) in [7, 11) is 0. The summed E-state index contributed by atoms with van der Waals surface area (Å²) in [5.41, 5.74) is 4.42. The molecule has 0 bridgehead atoms. The van der Waals surface area contributed by atoms with Crippen LogP contribution in [0.5, 0.6) is 0 Å². The smallest absolute Gasteiger partial charge is 0.324 e. The SMILES string of the molecule is Cc1ccccc1-n1c(SCCN2C(=O)CNC2=O)nnc1-c1ccc(C(C)(C)C)cc1. The van der Waals surface area contributed by atoms with E-state index in [-0.39, 0.29) is 23.9 Å². The average molecular weight is 450 g/mol. The second kappa shape index (κ2) is 8.78. The van der Waals surface area contributed by atoms with Crippen molar-refractivity contribution in [3.8, 4) is 17.1 Å². The van der Waals surface area contributed by atoms with Crippen molar-refractivity contribution in [1.82, 2.24) is 25.0 Å². The van der Waals surface area contributed by atoms with Gasteiger partial charge in [0.05, 0.1) is 12.2 Å². The molecule has 166 valence electrons. The number of benzene rings is 2. The van der Waals surface area contributed by atoms with Gasteiger partial charge in [-0.05, 0) is 29.5 Å². The average Bonchev–Trinajstić information content (AvgIpc) is 3.32. The van der Waals surface area contributed by atoms with E-state index in [1.165, 1.54) is 22.2 Å². The van der Waals surface area contributed by atoms with E-state index in [2.05, 4.69) is 78.1 Å². The molecule has 7 nitrogen and oxygen atoms in total. The van der Waals surface area contributed by atoms with Crippen LogP contribution in [0.15, 0.2) is 53.7 Å². The first-order valence-corrected chi connectivity index (χ1v) is 11.6. The van der Waals surface area contributed by atoms with Crippen molar-refractivity contribution in [2.24, 2.45) is 0 Å². The topological polar surface area (TPSA) is 80.1 Å². The summed E-state index contributed by atoms with van der Waals surface area (Å²) in [4.78, 5) is 24.9. The minimum Gasteiger partial charge on any atom is -0.329 e. The van der Waals surface area contributed by atoms with Crippen LogP contribution in [0.3, 0.4) is 0 Å². The molecule has 8 heteroatoms. The first-order valence-electron chi connectivity index (χ1n) is 10.6. The number of urea groups is 1. The van der Waals surface area contributed by atoms with E-state index in [9.17, 15) is 9.59 Å². The van der Waals surface area contributed by atoms with Gasteiger partial charge in [0.2, 0.25) is 5.91 Å². The molecular weight excluding hydrogens is 422 g/mol. The maximum absolute atomic E-state index is 11.8. The summed E-state index contributed by atoms with van der Waals surface area (Å²) >= 11 is 1.48. The van der Waals surface area contributed by atoms with Crippen molar-refractivity contribution >= 4 is 23.7 Å². The number of carbonyl (C=O) groups excluding carboxylic acids is 2. The molecule has 1 aliphatic rings. The number of nitrogens with one attached hydrogen (secondary N) is 1. The van der Waals surface area contributed by atoms with Crippen LogP contribution in [0.2, 0.25) is 0 Å². The summed E-state index contributed by atoms with van der Waals surface area (Å²) in [6.45, 7) is 9.03. The lowest BCUT2D eigenvalue weighted by molar-refractivity contribution is -0.124. The minimum absolute atomic E-state index is 0.0671. The molecule has 1 aliphatic heterocycles. The normalized spacial score (nSPS) is 14.2. The fraction of sp³-hybridized carbons (Fsp3) is 0.333. The quantitative estimate of drug-likeness (QED) is 0.451. The highest BCUT2D eigenvalue weighted by atomic mass is 32.2. The first-order chi connectivity index (χ1) is 15.3. The highest BCUT2D eigenvalue weighted by molar-refractivity contribution is 7.99. The van der Waals surface area contributed by atoms with Gasteiger partial charge < -0.3 is 5.32 Å². The van der Waals surface area contributed by atoms with E-state index in [1.54, 1.807) is 0 Å². The maximum Gasteiger partial charge on any atom is 0.324 e. The predicted molar refractivity (Wildman–Crippen MR) is 126 cm³/mol. The second-order valence-electron chi connectivity index (χ2n) is 8.81. The zero-order chi connectivity index (χ0) is 22.9. The Morgan fingerprint density at radius 1 is 1.03 bits per heavy atom. The van der Waals surface area contributed by atoms with Gasteiger partial charge in [-0.15, -0.1) is 10.2 Å². The van der Waals surface area contributed by atoms with E-state index >= 15 is 0 Å². The Morgan fingerprint density at radius 2 is 1.75 bits per heavy atom. The van der Waals surface area contributed by atoms with Gasteiger partial charge in [-0.1, -0.05) is 75.0 Å². The van der Waals surface area contributed by atoms with Crippen LogP contribution in [0.4, 0.5) is 4.79 Å². The molecule has 1 fully saturated rings. The molecule has 0 spiro atoms. The van der Waals surface area contributed by atoms with Crippen LogP contribution in [0.1, 0.15) is 31.9 Å². The Bertz CT molecular complexity index is 1130. The van der Waals surface area contributed by atoms with Crippen LogP contribution in [-0.4, -0.2) is 50.4 Å². The largest absolute Gasteiger partial charge is 0.329 e. The molecular formula is C24H27N5O2S. The molecule has 1 saturated heterocycles. The number of rotatable bonds is 6. The third kappa shape index (κ3) is 4.41. The first kappa shape index (κ1) is 22.1. The van der Waals surface area contributed by atoms with E-state index in [0.29, 0.717) is 12.3 Å². The molecule has 3 aromatic rings. The second-order valence-corrected chi connectivity index (χ2v) is 9.87. The Balaban J connectivity index is 1.66.